The van der Waals surface area contributed by atoms with Crippen molar-refractivity contribution in [3.8, 4) is 0 Å². The number of hydrogen-bond acceptors (Lipinski definition) is 4. The van der Waals surface area contributed by atoms with Crippen molar-refractivity contribution in [3.05, 3.63) is 0 Å². The smallest absolute Gasteiger partial charge is 0.327 e. The minimum Gasteiger partial charge on any atom is -0.480 e. The van der Waals surface area contributed by atoms with E-state index in [0.29, 0.717) is 6.42 Å². The van der Waals surface area contributed by atoms with Gasteiger partial charge in [-0.15, -0.1) is 11.8 Å². The summed E-state index contributed by atoms with van der Waals surface area (Å²) in [6.07, 6.45) is -1.38. The van der Waals surface area contributed by atoms with Crippen LogP contribution in [0.2, 0.25) is 0 Å². The Bertz CT molecular complexity index is 373. The molecule has 0 saturated carbocycles. The number of carboxylic acid groups (broad SMARTS) is 1. The molecule has 1 rings (SSSR count). The number of nitrogens with zero attached hydrogens (tertiary/aromatic N) is 2. The van der Waals surface area contributed by atoms with E-state index in [1.807, 2.05) is 6.92 Å². The summed E-state index contributed by atoms with van der Waals surface area (Å²) in [5.74, 6) is -0.900. The van der Waals surface area contributed by atoms with Gasteiger partial charge in [0.15, 0.2) is 0 Å². The van der Waals surface area contributed by atoms with E-state index in [-0.39, 0.29) is 17.7 Å². The maximum atomic E-state index is 12.5. The van der Waals surface area contributed by atoms with Crippen LogP contribution in [-0.4, -0.2) is 75.3 Å². The van der Waals surface area contributed by atoms with Crippen LogP contribution in [0.15, 0.2) is 0 Å². The molecule has 122 valence electrons. The number of halogens is 2. The third-order valence-electron chi connectivity index (χ3n) is 3.13. The first-order valence-electron chi connectivity index (χ1n) is 6.73. The lowest BCUT2D eigenvalue weighted by Crippen LogP contribution is -2.53. The first-order valence-corrected chi connectivity index (χ1v) is 7.77. The van der Waals surface area contributed by atoms with E-state index in [1.54, 1.807) is 0 Å². The van der Waals surface area contributed by atoms with Gasteiger partial charge in [-0.05, 0) is 6.42 Å². The Balaban J connectivity index is 2.92. The molecule has 9 heteroatoms. The lowest BCUT2D eigenvalue weighted by Gasteiger charge is -2.33. The predicted molar refractivity (Wildman–Crippen MR) is 74.5 cm³/mol. The Kier molecular flexibility index (Phi) is 7.16. The number of carbonyl (C=O) groups excluding carboxylic acids is 1. The quantitative estimate of drug-likeness (QED) is 0.737. The molecule has 21 heavy (non-hydrogen) atoms. The molecule has 0 radical (unpaired) electrons. The van der Waals surface area contributed by atoms with Crippen LogP contribution in [0.25, 0.3) is 0 Å². The molecule has 0 spiro atoms. The van der Waals surface area contributed by atoms with Crippen LogP contribution in [0, 0.1) is 0 Å². The summed E-state index contributed by atoms with van der Waals surface area (Å²) in [6.45, 7) is 0.402. The van der Waals surface area contributed by atoms with Gasteiger partial charge in [-0.3, -0.25) is 4.90 Å². The number of carbonyl (C=O) groups is 2. The molecule has 0 aliphatic carbocycles. The third-order valence-corrected chi connectivity index (χ3v) is 4.49. The molecule has 2 amide bonds. The number of aliphatic hydroxyl groups is 1. The molecular formula is C12H20F2N2O4S. The first kappa shape index (κ1) is 18.0. The second-order valence-corrected chi connectivity index (χ2v) is 5.89. The van der Waals surface area contributed by atoms with Crippen LogP contribution < -0.4 is 0 Å². The van der Waals surface area contributed by atoms with Gasteiger partial charge in [-0.2, -0.15) is 0 Å². The Hall–Kier alpha value is -1.09. The third kappa shape index (κ3) is 4.70. The summed E-state index contributed by atoms with van der Waals surface area (Å²) < 4.78 is 25.1. The Morgan fingerprint density at radius 3 is 2.62 bits per heavy atom. The zero-order valence-electron chi connectivity index (χ0n) is 11.7. The van der Waals surface area contributed by atoms with Gasteiger partial charge in [0.2, 0.25) is 0 Å². The van der Waals surface area contributed by atoms with Crippen LogP contribution in [0.1, 0.15) is 19.8 Å². The predicted octanol–water partition coefficient (Wildman–Crippen LogP) is 1.29. The van der Waals surface area contributed by atoms with Crippen molar-refractivity contribution < 1.29 is 28.6 Å². The molecule has 0 aromatic carbocycles. The van der Waals surface area contributed by atoms with Gasteiger partial charge in [0.1, 0.15) is 6.04 Å². The average molecular weight is 326 g/mol. The number of rotatable bonds is 7. The molecule has 6 nitrogen and oxygen atoms in total. The highest BCUT2D eigenvalue weighted by Gasteiger charge is 2.43. The monoisotopic (exact) mass is 326 g/mol. The summed E-state index contributed by atoms with van der Waals surface area (Å²) >= 11 is 1.34. The van der Waals surface area contributed by atoms with Gasteiger partial charge in [0, 0.05) is 12.3 Å². The number of carboxylic acids is 1. The van der Waals surface area contributed by atoms with Crippen molar-refractivity contribution in [1.82, 2.24) is 9.80 Å². The number of hydrogen-bond donors (Lipinski definition) is 2. The van der Waals surface area contributed by atoms with Gasteiger partial charge in [-0.25, -0.2) is 18.4 Å². The fourth-order valence-electron chi connectivity index (χ4n) is 2.20. The second kappa shape index (κ2) is 8.38. The number of urea groups is 1. The zero-order chi connectivity index (χ0) is 16.0. The van der Waals surface area contributed by atoms with E-state index < -0.39 is 37.6 Å². The van der Waals surface area contributed by atoms with Crippen LogP contribution in [0.3, 0.4) is 0 Å². The molecular weight excluding hydrogens is 306 g/mol. The maximum Gasteiger partial charge on any atom is 0.327 e. The molecule has 0 aromatic rings. The Labute approximate surface area is 126 Å². The highest BCUT2D eigenvalue weighted by Crippen LogP contribution is 2.33. The molecule has 1 heterocycles. The summed E-state index contributed by atoms with van der Waals surface area (Å²) in [6, 6.07) is -1.77. The largest absolute Gasteiger partial charge is 0.480 e. The van der Waals surface area contributed by atoms with Crippen LogP contribution in [-0.2, 0) is 4.79 Å². The molecule has 0 bridgehead atoms. The minimum atomic E-state index is -2.73. The summed E-state index contributed by atoms with van der Waals surface area (Å²) in [5.41, 5.74) is 0. The van der Waals surface area contributed by atoms with Crippen molar-refractivity contribution >= 4 is 23.8 Å². The molecule has 2 N–H and O–H groups in total. The highest BCUT2D eigenvalue weighted by molar-refractivity contribution is 8.00. The van der Waals surface area contributed by atoms with Gasteiger partial charge in [0.25, 0.3) is 6.43 Å². The molecule has 1 fully saturated rings. The van der Waals surface area contributed by atoms with Gasteiger partial charge in [0.05, 0.1) is 18.5 Å². The fraction of sp³-hybridized carbons (Fsp3) is 0.833. The maximum absolute atomic E-state index is 12.5. The number of aliphatic carboxylic acids is 1. The lowest BCUT2D eigenvalue weighted by molar-refractivity contribution is -0.141. The molecule has 2 unspecified atom stereocenters. The average Bonchev–Trinajstić information content (AvgIpc) is 2.81. The summed E-state index contributed by atoms with van der Waals surface area (Å²) in [4.78, 5) is 25.6. The number of aliphatic hydroxyl groups excluding tert-OH is 1. The van der Waals surface area contributed by atoms with Gasteiger partial charge >= 0.3 is 12.0 Å². The minimum absolute atomic E-state index is 0.241. The van der Waals surface area contributed by atoms with E-state index >= 15 is 0 Å². The van der Waals surface area contributed by atoms with E-state index in [9.17, 15) is 23.5 Å². The van der Waals surface area contributed by atoms with Gasteiger partial charge < -0.3 is 15.1 Å². The Morgan fingerprint density at radius 2 is 2.14 bits per heavy atom. The van der Waals surface area contributed by atoms with Crippen molar-refractivity contribution in [1.29, 1.82) is 0 Å². The van der Waals surface area contributed by atoms with Crippen molar-refractivity contribution in [2.45, 2.75) is 37.6 Å². The molecule has 1 aliphatic heterocycles. The normalized spacial score (nSPS) is 21.9. The highest BCUT2D eigenvalue weighted by atomic mass is 32.2. The van der Waals surface area contributed by atoms with Crippen molar-refractivity contribution in [3.63, 3.8) is 0 Å². The SMILES string of the molecule is CCCC1SCC(C(=O)O)N1C(=O)N(CCO)CC(F)F. The van der Waals surface area contributed by atoms with E-state index in [0.717, 1.165) is 16.2 Å². The number of amides is 2. The van der Waals surface area contributed by atoms with Crippen LogP contribution >= 0.6 is 11.8 Å². The van der Waals surface area contributed by atoms with Crippen molar-refractivity contribution in [2.75, 3.05) is 25.4 Å². The van der Waals surface area contributed by atoms with Crippen LogP contribution in [0.4, 0.5) is 13.6 Å². The van der Waals surface area contributed by atoms with E-state index in [4.69, 9.17) is 5.11 Å². The topological polar surface area (TPSA) is 81.1 Å². The van der Waals surface area contributed by atoms with Gasteiger partial charge in [-0.1, -0.05) is 13.3 Å². The molecule has 2 atom stereocenters. The van der Waals surface area contributed by atoms with E-state index in [2.05, 4.69) is 0 Å². The first-order chi connectivity index (χ1) is 9.92. The fourth-order valence-corrected chi connectivity index (χ4v) is 3.70. The van der Waals surface area contributed by atoms with Crippen LogP contribution in [0.5, 0.6) is 0 Å². The van der Waals surface area contributed by atoms with Crippen molar-refractivity contribution in [2.24, 2.45) is 0 Å². The molecule has 1 aliphatic rings. The number of alkyl halides is 2. The second-order valence-electron chi connectivity index (χ2n) is 4.68. The molecule has 1 saturated heterocycles. The summed E-state index contributed by atoms with van der Waals surface area (Å²) in [5, 5.41) is 17.8. The summed E-state index contributed by atoms with van der Waals surface area (Å²) in [7, 11) is 0. The van der Waals surface area contributed by atoms with E-state index in [1.165, 1.54) is 11.8 Å². The zero-order valence-corrected chi connectivity index (χ0v) is 12.6. The number of thioether (sulfide) groups is 1. The Morgan fingerprint density at radius 1 is 1.48 bits per heavy atom. The lowest BCUT2D eigenvalue weighted by atomic mass is 10.2. The standard InChI is InChI=1S/C12H20F2N2O4S/c1-2-3-10-16(8(7-21-10)11(18)19)12(20)15(4-5-17)6-9(13)14/h8-10,17H,2-7H2,1H3,(H,18,19). The molecule has 0 aromatic heterocycles.